The van der Waals surface area contributed by atoms with Gasteiger partial charge in [-0.05, 0) is 50.2 Å². The molecule has 2 N–H and O–H groups in total. The lowest BCUT2D eigenvalue weighted by Crippen LogP contribution is -2.21. The molecule has 1 heterocycles. The van der Waals surface area contributed by atoms with Crippen LogP contribution in [0.5, 0.6) is 5.75 Å². The number of nitrogens with one attached hydrogen (secondary N) is 2. The molecule has 2 aromatic rings. The SMILES string of the molecule is CC(C)Nc1ccc(NC(=O)COc2ccc(Cl)cc2)nn1. The van der Waals surface area contributed by atoms with Crippen molar-refractivity contribution < 1.29 is 9.53 Å². The third-order valence-corrected chi connectivity index (χ3v) is 2.80. The Kier molecular flexibility index (Phi) is 5.55. The van der Waals surface area contributed by atoms with Crippen molar-refractivity contribution in [2.24, 2.45) is 0 Å². The zero-order valence-corrected chi connectivity index (χ0v) is 13.1. The standard InChI is InChI=1S/C15H17ClN4O2/c1-10(2)17-13-7-8-14(20-19-13)18-15(21)9-22-12-5-3-11(16)4-6-12/h3-8,10H,9H2,1-2H3,(H,17,19)(H,18,20,21). The predicted molar refractivity (Wildman–Crippen MR) is 86.4 cm³/mol. The number of benzene rings is 1. The maximum absolute atomic E-state index is 11.8. The molecular formula is C15H17ClN4O2. The molecule has 0 spiro atoms. The maximum atomic E-state index is 11.8. The van der Waals surface area contributed by atoms with Gasteiger partial charge < -0.3 is 15.4 Å². The number of nitrogens with zero attached hydrogens (tertiary/aromatic N) is 2. The second-order valence-corrected chi connectivity index (χ2v) is 5.33. The molecule has 0 saturated carbocycles. The minimum Gasteiger partial charge on any atom is -0.484 e. The Bertz CT molecular complexity index is 614. The second-order valence-electron chi connectivity index (χ2n) is 4.89. The summed E-state index contributed by atoms with van der Waals surface area (Å²) in [7, 11) is 0. The molecular weight excluding hydrogens is 304 g/mol. The van der Waals surface area contributed by atoms with Gasteiger partial charge in [0, 0.05) is 11.1 Å². The lowest BCUT2D eigenvalue weighted by Gasteiger charge is -2.09. The first-order chi connectivity index (χ1) is 10.5. The highest BCUT2D eigenvalue weighted by Crippen LogP contribution is 2.15. The van der Waals surface area contributed by atoms with E-state index in [1.54, 1.807) is 36.4 Å². The molecule has 0 aliphatic heterocycles. The van der Waals surface area contributed by atoms with E-state index in [0.29, 0.717) is 22.4 Å². The van der Waals surface area contributed by atoms with Crippen molar-refractivity contribution in [2.45, 2.75) is 19.9 Å². The number of carbonyl (C=O) groups is 1. The van der Waals surface area contributed by atoms with E-state index < -0.39 is 0 Å². The third kappa shape index (κ3) is 5.21. The van der Waals surface area contributed by atoms with Crippen LogP contribution in [0.1, 0.15) is 13.8 Å². The van der Waals surface area contributed by atoms with Gasteiger partial charge in [-0.15, -0.1) is 10.2 Å². The zero-order chi connectivity index (χ0) is 15.9. The van der Waals surface area contributed by atoms with E-state index >= 15 is 0 Å². The Morgan fingerprint density at radius 1 is 1.14 bits per heavy atom. The molecule has 0 fully saturated rings. The number of hydrogen-bond donors (Lipinski definition) is 2. The number of ether oxygens (including phenoxy) is 1. The number of halogens is 1. The largest absolute Gasteiger partial charge is 0.484 e. The molecule has 116 valence electrons. The van der Waals surface area contributed by atoms with E-state index in [4.69, 9.17) is 16.3 Å². The number of amides is 1. The van der Waals surface area contributed by atoms with Gasteiger partial charge in [0.05, 0.1) is 0 Å². The molecule has 0 aliphatic rings. The molecule has 0 saturated heterocycles. The number of aromatic nitrogens is 2. The quantitative estimate of drug-likeness (QED) is 0.855. The van der Waals surface area contributed by atoms with Gasteiger partial charge >= 0.3 is 0 Å². The fraction of sp³-hybridized carbons (Fsp3) is 0.267. The van der Waals surface area contributed by atoms with E-state index in [2.05, 4.69) is 20.8 Å². The van der Waals surface area contributed by atoms with Gasteiger partial charge in [-0.3, -0.25) is 4.79 Å². The van der Waals surface area contributed by atoms with Gasteiger partial charge in [0.15, 0.2) is 12.4 Å². The van der Waals surface area contributed by atoms with Gasteiger partial charge in [0.1, 0.15) is 11.6 Å². The van der Waals surface area contributed by atoms with Crippen LogP contribution in [0.4, 0.5) is 11.6 Å². The van der Waals surface area contributed by atoms with Crippen LogP contribution in [-0.2, 0) is 4.79 Å². The van der Waals surface area contributed by atoms with E-state index in [1.807, 2.05) is 13.8 Å². The van der Waals surface area contributed by atoms with Crippen LogP contribution < -0.4 is 15.4 Å². The topological polar surface area (TPSA) is 76.1 Å². The molecule has 0 bridgehead atoms. The summed E-state index contributed by atoms with van der Waals surface area (Å²) < 4.78 is 5.34. The summed E-state index contributed by atoms with van der Waals surface area (Å²) in [6.45, 7) is 3.90. The normalized spacial score (nSPS) is 10.4. The Morgan fingerprint density at radius 3 is 2.36 bits per heavy atom. The number of rotatable bonds is 6. The molecule has 6 nitrogen and oxygen atoms in total. The molecule has 7 heteroatoms. The van der Waals surface area contributed by atoms with Crippen LogP contribution in [0.3, 0.4) is 0 Å². The summed E-state index contributed by atoms with van der Waals surface area (Å²) in [5, 5.41) is 14.2. The van der Waals surface area contributed by atoms with Crippen LogP contribution in [0.25, 0.3) is 0 Å². The van der Waals surface area contributed by atoms with Crippen LogP contribution in [0.2, 0.25) is 5.02 Å². The first-order valence-corrected chi connectivity index (χ1v) is 7.19. The molecule has 0 radical (unpaired) electrons. The van der Waals surface area contributed by atoms with Crippen LogP contribution >= 0.6 is 11.6 Å². The Balaban J connectivity index is 1.82. The monoisotopic (exact) mass is 320 g/mol. The van der Waals surface area contributed by atoms with Gasteiger partial charge in [-0.25, -0.2) is 0 Å². The minimum atomic E-state index is -0.311. The molecule has 0 unspecified atom stereocenters. The molecule has 1 amide bonds. The van der Waals surface area contributed by atoms with E-state index in [-0.39, 0.29) is 18.6 Å². The van der Waals surface area contributed by atoms with Crippen molar-refractivity contribution in [2.75, 3.05) is 17.2 Å². The number of hydrogen-bond acceptors (Lipinski definition) is 5. The molecule has 0 aliphatic carbocycles. The van der Waals surface area contributed by atoms with Crippen molar-refractivity contribution in [3.05, 3.63) is 41.4 Å². The summed E-state index contributed by atoms with van der Waals surface area (Å²) in [5.74, 6) is 1.29. The summed E-state index contributed by atoms with van der Waals surface area (Å²) in [5.41, 5.74) is 0. The van der Waals surface area contributed by atoms with Crippen LogP contribution in [0, 0.1) is 0 Å². The summed E-state index contributed by atoms with van der Waals surface area (Å²) >= 11 is 5.77. The van der Waals surface area contributed by atoms with Gasteiger partial charge in [0.25, 0.3) is 5.91 Å². The summed E-state index contributed by atoms with van der Waals surface area (Å²) in [4.78, 5) is 11.8. The summed E-state index contributed by atoms with van der Waals surface area (Å²) in [6, 6.07) is 10.5. The number of carbonyl (C=O) groups excluding carboxylic acids is 1. The average Bonchev–Trinajstić information content (AvgIpc) is 2.48. The zero-order valence-electron chi connectivity index (χ0n) is 12.3. The second kappa shape index (κ2) is 7.61. The molecule has 22 heavy (non-hydrogen) atoms. The first-order valence-electron chi connectivity index (χ1n) is 6.81. The van der Waals surface area contributed by atoms with E-state index in [9.17, 15) is 4.79 Å². The molecule has 2 rings (SSSR count). The highest BCUT2D eigenvalue weighted by molar-refractivity contribution is 6.30. The van der Waals surface area contributed by atoms with Gasteiger partial charge in [0.2, 0.25) is 0 Å². The lowest BCUT2D eigenvalue weighted by molar-refractivity contribution is -0.118. The molecule has 0 atom stereocenters. The van der Waals surface area contributed by atoms with Crippen molar-refractivity contribution >= 4 is 29.1 Å². The average molecular weight is 321 g/mol. The van der Waals surface area contributed by atoms with E-state index in [1.165, 1.54) is 0 Å². The Labute approximate surface area is 133 Å². The van der Waals surface area contributed by atoms with Gasteiger partial charge in [-0.2, -0.15) is 0 Å². The van der Waals surface area contributed by atoms with Crippen LogP contribution in [0.15, 0.2) is 36.4 Å². The third-order valence-electron chi connectivity index (χ3n) is 2.55. The van der Waals surface area contributed by atoms with Crippen molar-refractivity contribution in [3.63, 3.8) is 0 Å². The van der Waals surface area contributed by atoms with Crippen LogP contribution in [-0.4, -0.2) is 28.8 Å². The van der Waals surface area contributed by atoms with Crippen molar-refractivity contribution in [1.29, 1.82) is 0 Å². The Morgan fingerprint density at radius 2 is 1.77 bits per heavy atom. The highest BCUT2D eigenvalue weighted by atomic mass is 35.5. The molecule has 1 aromatic carbocycles. The van der Waals surface area contributed by atoms with Crippen molar-refractivity contribution in [3.8, 4) is 5.75 Å². The predicted octanol–water partition coefficient (Wildman–Crippen LogP) is 2.97. The first kappa shape index (κ1) is 16.0. The van der Waals surface area contributed by atoms with Crippen molar-refractivity contribution in [1.82, 2.24) is 10.2 Å². The smallest absolute Gasteiger partial charge is 0.263 e. The molecule has 1 aromatic heterocycles. The number of anilines is 2. The Hall–Kier alpha value is -2.34. The maximum Gasteiger partial charge on any atom is 0.263 e. The fourth-order valence-corrected chi connectivity index (χ4v) is 1.76. The highest BCUT2D eigenvalue weighted by Gasteiger charge is 2.06. The van der Waals surface area contributed by atoms with E-state index in [0.717, 1.165) is 0 Å². The minimum absolute atomic E-state index is 0.116. The fourth-order valence-electron chi connectivity index (χ4n) is 1.63. The lowest BCUT2D eigenvalue weighted by atomic mass is 10.3. The van der Waals surface area contributed by atoms with Gasteiger partial charge in [-0.1, -0.05) is 11.6 Å². The summed E-state index contributed by atoms with van der Waals surface area (Å²) in [6.07, 6.45) is 0.